The first-order valence-corrected chi connectivity index (χ1v) is 8.55. The first kappa shape index (κ1) is 14.7. The summed E-state index contributed by atoms with van der Waals surface area (Å²) in [5, 5.41) is 8.29. The minimum Gasteiger partial charge on any atom is -0.320 e. The van der Waals surface area contributed by atoms with Crippen LogP contribution in [-0.2, 0) is 7.05 Å². The molecule has 1 N–H and O–H groups in total. The first-order chi connectivity index (χ1) is 9.95. The van der Waals surface area contributed by atoms with Gasteiger partial charge in [-0.1, -0.05) is 15.9 Å². The van der Waals surface area contributed by atoms with Gasteiger partial charge in [-0.05, 0) is 47.1 Å². The maximum absolute atomic E-state index is 12.4. The van der Waals surface area contributed by atoms with E-state index in [9.17, 15) is 4.79 Å². The van der Waals surface area contributed by atoms with Gasteiger partial charge in [-0.2, -0.15) is 5.10 Å². The van der Waals surface area contributed by atoms with Crippen molar-refractivity contribution in [1.82, 2.24) is 9.78 Å². The zero-order chi connectivity index (χ0) is 15.1. The van der Waals surface area contributed by atoms with Crippen molar-refractivity contribution < 1.29 is 4.79 Å². The Morgan fingerprint density at radius 1 is 1.33 bits per heavy atom. The Morgan fingerprint density at radius 3 is 2.81 bits per heavy atom. The molecule has 1 aromatic carbocycles. The lowest BCUT2D eigenvalue weighted by Crippen LogP contribution is -2.10. The van der Waals surface area contributed by atoms with Crippen LogP contribution < -0.4 is 5.32 Å². The second kappa shape index (κ2) is 5.55. The first-order valence-electron chi connectivity index (χ1n) is 6.15. The lowest BCUT2D eigenvalue weighted by Gasteiger charge is -2.06. The Bertz CT molecular complexity index is 819. The van der Waals surface area contributed by atoms with Crippen molar-refractivity contribution in [1.29, 1.82) is 0 Å². The molecule has 7 heteroatoms. The molecule has 0 fully saturated rings. The Morgan fingerprint density at radius 2 is 2.10 bits per heavy atom. The summed E-state index contributed by atoms with van der Waals surface area (Å²) in [6, 6.07) is 7.55. The summed E-state index contributed by atoms with van der Waals surface area (Å²) < 4.78 is 3.57. The molecule has 0 saturated heterocycles. The van der Waals surface area contributed by atoms with Crippen LogP contribution in [0.4, 0.5) is 5.69 Å². The number of amides is 1. The SMILES string of the molecule is Cc1nn(C)c2sc(C(=O)Nc3cc(Br)ccc3Br)cc12. The summed E-state index contributed by atoms with van der Waals surface area (Å²) in [5.74, 6) is -0.116. The molecule has 0 saturated carbocycles. The number of aromatic nitrogens is 2. The van der Waals surface area contributed by atoms with Crippen molar-refractivity contribution in [3.8, 4) is 0 Å². The van der Waals surface area contributed by atoms with E-state index in [1.807, 2.05) is 38.2 Å². The van der Waals surface area contributed by atoms with E-state index < -0.39 is 0 Å². The Kier molecular flexibility index (Phi) is 3.90. The number of rotatable bonds is 2. The fourth-order valence-corrected chi connectivity index (χ4v) is 3.82. The fraction of sp³-hybridized carbons (Fsp3) is 0.143. The van der Waals surface area contributed by atoms with Crippen molar-refractivity contribution in [2.75, 3.05) is 5.32 Å². The average Bonchev–Trinajstić information content (AvgIpc) is 2.97. The number of aryl methyl sites for hydroxylation is 2. The Labute approximate surface area is 142 Å². The zero-order valence-corrected chi connectivity index (χ0v) is 15.3. The van der Waals surface area contributed by atoms with Gasteiger partial charge < -0.3 is 5.32 Å². The predicted molar refractivity (Wildman–Crippen MR) is 93.1 cm³/mol. The molecule has 0 atom stereocenters. The molecule has 3 aromatic rings. The van der Waals surface area contributed by atoms with Crippen molar-refractivity contribution in [2.24, 2.45) is 7.05 Å². The molecule has 2 aromatic heterocycles. The molecule has 1 amide bonds. The molecule has 21 heavy (non-hydrogen) atoms. The molecule has 0 aliphatic rings. The van der Waals surface area contributed by atoms with E-state index in [-0.39, 0.29) is 5.91 Å². The maximum Gasteiger partial charge on any atom is 0.265 e. The smallest absolute Gasteiger partial charge is 0.265 e. The number of carbonyl (C=O) groups excluding carboxylic acids is 1. The molecule has 0 bridgehead atoms. The highest BCUT2D eigenvalue weighted by Crippen LogP contribution is 2.30. The monoisotopic (exact) mass is 427 g/mol. The molecule has 0 unspecified atom stereocenters. The molecule has 4 nitrogen and oxygen atoms in total. The number of nitrogens with one attached hydrogen (secondary N) is 1. The van der Waals surface area contributed by atoms with Crippen LogP contribution in [0.1, 0.15) is 15.4 Å². The summed E-state index contributed by atoms with van der Waals surface area (Å²) in [6.45, 7) is 1.95. The molecule has 0 radical (unpaired) electrons. The molecular formula is C14H11Br2N3OS. The molecule has 0 aliphatic heterocycles. The van der Waals surface area contributed by atoms with Gasteiger partial charge in [0.2, 0.25) is 0 Å². The van der Waals surface area contributed by atoms with E-state index in [4.69, 9.17) is 0 Å². The van der Waals surface area contributed by atoms with Gasteiger partial charge in [0.05, 0.1) is 16.3 Å². The van der Waals surface area contributed by atoms with Crippen molar-refractivity contribution in [3.05, 3.63) is 43.8 Å². The van der Waals surface area contributed by atoms with Gasteiger partial charge in [-0.25, -0.2) is 0 Å². The van der Waals surface area contributed by atoms with Crippen molar-refractivity contribution in [3.63, 3.8) is 0 Å². The van der Waals surface area contributed by atoms with E-state index in [1.54, 1.807) is 4.68 Å². The van der Waals surface area contributed by atoms with Gasteiger partial charge in [0.1, 0.15) is 4.83 Å². The summed E-state index contributed by atoms with van der Waals surface area (Å²) in [7, 11) is 1.89. The second-order valence-corrected chi connectivity index (χ2v) is 7.42. The topological polar surface area (TPSA) is 46.9 Å². The van der Waals surface area contributed by atoms with E-state index in [2.05, 4.69) is 42.3 Å². The van der Waals surface area contributed by atoms with Gasteiger partial charge in [0, 0.05) is 21.4 Å². The van der Waals surface area contributed by atoms with E-state index in [0.29, 0.717) is 4.88 Å². The fourth-order valence-electron chi connectivity index (χ4n) is 2.09. The third kappa shape index (κ3) is 2.77. The van der Waals surface area contributed by atoms with E-state index in [1.165, 1.54) is 11.3 Å². The number of halogens is 2. The number of thiophene rings is 1. The summed E-state index contributed by atoms with van der Waals surface area (Å²) in [5.41, 5.74) is 1.67. The molecule has 2 heterocycles. The van der Waals surface area contributed by atoms with Crippen LogP contribution in [0.5, 0.6) is 0 Å². The minimum absolute atomic E-state index is 0.116. The summed E-state index contributed by atoms with van der Waals surface area (Å²) in [6.07, 6.45) is 0. The van der Waals surface area contributed by atoms with Crippen LogP contribution in [0.2, 0.25) is 0 Å². The molecule has 0 aliphatic carbocycles. The number of carbonyl (C=O) groups is 1. The number of nitrogens with zero attached hydrogens (tertiary/aromatic N) is 2. The number of hydrogen-bond donors (Lipinski definition) is 1. The maximum atomic E-state index is 12.4. The molecule has 0 spiro atoms. The van der Waals surface area contributed by atoms with Gasteiger partial charge in [-0.15, -0.1) is 11.3 Å². The highest BCUT2D eigenvalue weighted by molar-refractivity contribution is 9.11. The number of fused-ring (bicyclic) bond motifs is 1. The van der Waals surface area contributed by atoms with E-state index in [0.717, 1.165) is 30.5 Å². The predicted octanol–water partition coefficient (Wildman–Crippen LogP) is 4.72. The zero-order valence-electron chi connectivity index (χ0n) is 11.3. The summed E-state index contributed by atoms with van der Waals surface area (Å²) >= 11 is 8.28. The van der Waals surface area contributed by atoms with Crippen LogP contribution in [-0.4, -0.2) is 15.7 Å². The number of benzene rings is 1. The third-order valence-corrected chi connectivity index (χ3v) is 5.48. The van der Waals surface area contributed by atoms with Crippen LogP contribution >= 0.6 is 43.2 Å². The van der Waals surface area contributed by atoms with Crippen LogP contribution in [0, 0.1) is 6.92 Å². The van der Waals surface area contributed by atoms with E-state index >= 15 is 0 Å². The van der Waals surface area contributed by atoms with Crippen LogP contribution in [0.3, 0.4) is 0 Å². The summed E-state index contributed by atoms with van der Waals surface area (Å²) in [4.78, 5) is 14.1. The lowest BCUT2D eigenvalue weighted by atomic mass is 10.3. The number of anilines is 1. The lowest BCUT2D eigenvalue weighted by molar-refractivity contribution is 0.103. The van der Waals surface area contributed by atoms with Crippen molar-refractivity contribution >= 4 is 65.0 Å². The van der Waals surface area contributed by atoms with Crippen LogP contribution in [0.25, 0.3) is 10.2 Å². The quantitative estimate of drug-likeness (QED) is 0.641. The van der Waals surface area contributed by atoms with Crippen molar-refractivity contribution in [2.45, 2.75) is 6.92 Å². The van der Waals surface area contributed by atoms with Gasteiger partial charge in [-0.3, -0.25) is 9.48 Å². The Hall–Kier alpha value is -1.18. The van der Waals surface area contributed by atoms with Gasteiger partial charge in [0.25, 0.3) is 5.91 Å². The molecule has 3 rings (SSSR count). The average molecular weight is 429 g/mol. The Balaban J connectivity index is 1.93. The second-order valence-electron chi connectivity index (χ2n) is 4.62. The van der Waals surface area contributed by atoms with Gasteiger partial charge in [0.15, 0.2) is 0 Å². The van der Waals surface area contributed by atoms with Gasteiger partial charge >= 0.3 is 0 Å². The largest absolute Gasteiger partial charge is 0.320 e. The highest BCUT2D eigenvalue weighted by atomic mass is 79.9. The minimum atomic E-state index is -0.116. The standard InChI is InChI=1S/C14H11Br2N3OS/c1-7-9-6-12(21-14(9)19(2)18-7)13(20)17-11-5-8(15)3-4-10(11)16/h3-6H,1-2H3,(H,17,20). The molecule has 108 valence electrons. The van der Waals surface area contributed by atoms with Crippen LogP contribution in [0.15, 0.2) is 33.2 Å². The normalized spacial score (nSPS) is 11.0. The molecular weight excluding hydrogens is 418 g/mol. The highest BCUT2D eigenvalue weighted by Gasteiger charge is 2.16. The third-order valence-electron chi connectivity index (χ3n) is 3.10. The number of hydrogen-bond acceptors (Lipinski definition) is 3.